The summed E-state index contributed by atoms with van der Waals surface area (Å²) >= 11 is 1.43. The average Bonchev–Trinajstić information content (AvgIpc) is 2.83. The molecule has 0 aromatic heterocycles. The lowest BCUT2D eigenvalue weighted by Gasteiger charge is -2.16. The molecule has 1 unspecified atom stereocenters. The van der Waals surface area contributed by atoms with Crippen LogP contribution in [0.3, 0.4) is 0 Å². The van der Waals surface area contributed by atoms with Crippen LogP contribution < -0.4 is 10.6 Å². The lowest BCUT2D eigenvalue weighted by atomic mass is 10.1. The number of carbonyl (C=O) groups excluding carboxylic acids is 3. The number of amides is 2. The maximum atomic E-state index is 12.9. The predicted molar refractivity (Wildman–Crippen MR) is 137 cm³/mol. The van der Waals surface area contributed by atoms with Gasteiger partial charge in [0.25, 0.3) is 5.91 Å². The van der Waals surface area contributed by atoms with Gasteiger partial charge in [0.2, 0.25) is 5.91 Å². The van der Waals surface area contributed by atoms with Crippen LogP contribution in [0, 0.1) is 6.92 Å². The summed E-state index contributed by atoms with van der Waals surface area (Å²) in [4.78, 5) is 38.1. The van der Waals surface area contributed by atoms with Crippen LogP contribution in [0.15, 0.2) is 77.7 Å². The van der Waals surface area contributed by atoms with Crippen molar-refractivity contribution in [2.24, 2.45) is 0 Å². The van der Waals surface area contributed by atoms with E-state index in [0.717, 1.165) is 10.5 Å². The van der Waals surface area contributed by atoms with Crippen molar-refractivity contribution in [3.63, 3.8) is 0 Å². The molecule has 0 radical (unpaired) electrons. The second kappa shape index (κ2) is 12.0. The summed E-state index contributed by atoms with van der Waals surface area (Å²) in [5.41, 5.74) is 3.32. The molecule has 34 heavy (non-hydrogen) atoms. The molecule has 0 bridgehead atoms. The maximum Gasteiger partial charge on any atom is 0.338 e. The summed E-state index contributed by atoms with van der Waals surface area (Å²) in [5, 5.41) is 5.50. The Hall–Kier alpha value is -3.58. The molecule has 3 aromatic rings. The Morgan fingerprint density at radius 3 is 2.26 bits per heavy atom. The Morgan fingerprint density at radius 1 is 0.853 bits per heavy atom. The highest BCUT2D eigenvalue weighted by molar-refractivity contribution is 8.00. The van der Waals surface area contributed by atoms with E-state index in [0.29, 0.717) is 35.5 Å². The quantitative estimate of drug-likeness (QED) is 0.295. The van der Waals surface area contributed by atoms with Crippen LogP contribution in [0.5, 0.6) is 0 Å². The molecule has 0 saturated heterocycles. The molecule has 1 atom stereocenters. The van der Waals surface area contributed by atoms with Crippen LogP contribution in [0.2, 0.25) is 0 Å². The molecule has 2 amide bonds. The van der Waals surface area contributed by atoms with Crippen molar-refractivity contribution in [3.8, 4) is 0 Å². The van der Waals surface area contributed by atoms with E-state index in [1.807, 2.05) is 56.3 Å². The summed E-state index contributed by atoms with van der Waals surface area (Å²) in [6.45, 7) is 5.95. The number of rotatable bonds is 9. The number of benzene rings is 3. The monoisotopic (exact) mass is 476 g/mol. The number of hydrogen-bond acceptors (Lipinski definition) is 5. The van der Waals surface area contributed by atoms with E-state index >= 15 is 0 Å². The molecule has 3 rings (SSSR count). The highest BCUT2D eigenvalue weighted by Crippen LogP contribution is 2.29. The van der Waals surface area contributed by atoms with E-state index in [9.17, 15) is 14.4 Å². The third-order valence-corrected chi connectivity index (χ3v) is 6.34. The summed E-state index contributed by atoms with van der Waals surface area (Å²) in [5.74, 6) is -0.704. The van der Waals surface area contributed by atoms with Crippen LogP contribution in [0.4, 0.5) is 11.4 Å². The topological polar surface area (TPSA) is 84.5 Å². The van der Waals surface area contributed by atoms with Gasteiger partial charge in [-0.2, -0.15) is 0 Å². The summed E-state index contributed by atoms with van der Waals surface area (Å²) in [6, 6.07) is 21.5. The van der Waals surface area contributed by atoms with Gasteiger partial charge in [-0.05, 0) is 74.9 Å². The molecule has 3 aromatic carbocycles. The number of hydrogen-bond donors (Lipinski definition) is 2. The van der Waals surface area contributed by atoms with Crippen LogP contribution in [-0.2, 0) is 9.53 Å². The zero-order valence-electron chi connectivity index (χ0n) is 19.5. The number of esters is 1. The van der Waals surface area contributed by atoms with Gasteiger partial charge in [0.1, 0.15) is 0 Å². The summed E-state index contributed by atoms with van der Waals surface area (Å²) < 4.78 is 4.98. The number of nitrogens with one attached hydrogen (secondary N) is 2. The van der Waals surface area contributed by atoms with E-state index in [1.165, 1.54) is 11.8 Å². The Kier molecular flexibility index (Phi) is 8.87. The number of anilines is 2. The first-order valence-corrected chi connectivity index (χ1v) is 12.0. The van der Waals surface area contributed by atoms with Crippen LogP contribution in [0.1, 0.15) is 46.5 Å². The minimum absolute atomic E-state index is 0.134. The van der Waals surface area contributed by atoms with Crippen molar-refractivity contribution in [1.29, 1.82) is 0 Å². The van der Waals surface area contributed by atoms with Crippen molar-refractivity contribution in [2.75, 3.05) is 17.2 Å². The van der Waals surface area contributed by atoms with Crippen LogP contribution in [0.25, 0.3) is 0 Å². The Bertz CT molecular complexity index is 1160. The number of thioether (sulfide) groups is 1. The molecule has 176 valence electrons. The minimum Gasteiger partial charge on any atom is -0.462 e. The third kappa shape index (κ3) is 6.96. The maximum absolute atomic E-state index is 12.9. The Balaban J connectivity index is 1.62. The van der Waals surface area contributed by atoms with Crippen LogP contribution >= 0.6 is 11.8 Å². The Morgan fingerprint density at radius 2 is 1.59 bits per heavy atom. The zero-order valence-corrected chi connectivity index (χ0v) is 20.3. The van der Waals surface area contributed by atoms with E-state index in [4.69, 9.17) is 4.74 Å². The van der Waals surface area contributed by atoms with Gasteiger partial charge in [-0.15, -0.1) is 11.8 Å². The zero-order chi connectivity index (χ0) is 24.5. The SMILES string of the molecule is CCOC(=O)c1ccc(NC(=O)C(CC)Sc2cccc(NC(=O)c3cccc(C)c3)c2)cc1. The molecule has 0 aliphatic heterocycles. The van der Waals surface area contributed by atoms with E-state index in [2.05, 4.69) is 10.6 Å². The highest BCUT2D eigenvalue weighted by Gasteiger charge is 2.19. The largest absolute Gasteiger partial charge is 0.462 e. The lowest BCUT2D eigenvalue weighted by Crippen LogP contribution is -2.24. The van der Waals surface area contributed by atoms with Gasteiger partial charge < -0.3 is 15.4 Å². The summed E-state index contributed by atoms with van der Waals surface area (Å²) in [7, 11) is 0. The molecule has 0 spiro atoms. The van der Waals surface area contributed by atoms with E-state index < -0.39 is 5.97 Å². The van der Waals surface area contributed by atoms with Crippen molar-refractivity contribution in [1.82, 2.24) is 0 Å². The second-order valence-corrected chi connectivity index (χ2v) is 8.93. The van der Waals surface area contributed by atoms with Gasteiger partial charge in [-0.1, -0.05) is 30.7 Å². The molecule has 2 N–H and O–H groups in total. The first-order valence-electron chi connectivity index (χ1n) is 11.1. The van der Waals surface area contributed by atoms with Gasteiger partial charge in [-0.25, -0.2) is 4.79 Å². The fraction of sp³-hybridized carbons (Fsp3) is 0.222. The predicted octanol–water partition coefficient (Wildman–Crippen LogP) is 5.93. The molecule has 0 aliphatic rings. The van der Waals surface area contributed by atoms with Gasteiger partial charge in [0, 0.05) is 21.8 Å². The minimum atomic E-state index is -0.392. The van der Waals surface area contributed by atoms with Gasteiger partial charge in [0.15, 0.2) is 0 Å². The molecule has 0 aliphatic carbocycles. The number of ether oxygens (including phenoxy) is 1. The standard InChI is InChI=1S/C27H28N2O4S/c1-4-24(26(31)28-21-14-12-19(13-15-21)27(32)33-5-2)34-23-11-7-10-22(17-23)29-25(30)20-9-6-8-18(3)16-20/h6-17,24H,4-5H2,1-3H3,(H,28,31)(H,29,30). The molecule has 0 heterocycles. The lowest BCUT2D eigenvalue weighted by molar-refractivity contribution is -0.115. The third-order valence-electron chi connectivity index (χ3n) is 4.98. The van der Waals surface area contributed by atoms with Crippen LogP contribution in [-0.4, -0.2) is 29.6 Å². The van der Waals surface area contributed by atoms with Gasteiger partial charge in [0.05, 0.1) is 17.4 Å². The van der Waals surface area contributed by atoms with Crippen molar-refractivity contribution >= 4 is 40.9 Å². The normalized spacial score (nSPS) is 11.4. The van der Waals surface area contributed by atoms with Gasteiger partial charge in [-0.3, -0.25) is 9.59 Å². The first-order chi connectivity index (χ1) is 16.4. The molecular formula is C27H28N2O4S. The molecule has 7 heteroatoms. The molecule has 0 saturated carbocycles. The molecular weight excluding hydrogens is 448 g/mol. The fourth-order valence-corrected chi connectivity index (χ4v) is 4.26. The van der Waals surface area contributed by atoms with E-state index in [1.54, 1.807) is 37.3 Å². The summed E-state index contributed by atoms with van der Waals surface area (Å²) in [6.07, 6.45) is 0.622. The van der Waals surface area contributed by atoms with Crippen molar-refractivity contribution < 1.29 is 19.1 Å². The number of aryl methyl sites for hydroxylation is 1. The molecule has 6 nitrogen and oxygen atoms in total. The smallest absolute Gasteiger partial charge is 0.338 e. The highest BCUT2D eigenvalue weighted by atomic mass is 32.2. The first kappa shape index (κ1) is 25.1. The van der Waals surface area contributed by atoms with Gasteiger partial charge >= 0.3 is 5.97 Å². The second-order valence-electron chi connectivity index (χ2n) is 7.65. The fourth-order valence-electron chi connectivity index (χ4n) is 3.25. The molecule has 0 fully saturated rings. The van der Waals surface area contributed by atoms with Crippen molar-refractivity contribution in [2.45, 2.75) is 37.3 Å². The number of carbonyl (C=O) groups is 3. The van der Waals surface area contributed by atoms with E-state index in [-0.39, 0.29) is 17.1 Å². The Labute approximate surface area is 204 Å². The average molecular weight is 477 g/mol. The van der Waals surface area contributed by atoms with Crippen molar-refractivity contribution in [3.05, 3.63) is 89.5 Å².